The van der Waals surface area contributed by atoms with Gasteiger partial charge in [0.15, 0.2) is 0 Å². The third-order valence-electron chi connectivity index (χ3n) is 4.25. The number of piperidine rings is 1. The molecule has 19 heavy (non-hydrogen) atoms. The van der Waals surface area contributed by atoms with Crippen molar-refractivity contribution in [1.82, 2.24) is 9.88 Å². The van der Waals surface area contributed by atoms with Gasteiger partial charge in [-0.25, -0.2) is 4.98 Å². The SMILES string of the molecule is O=C(c1ccc(Cl)cn1)N1CCC(C2(O)CC2)CC1. The number of halogens is 1. The van der Waals surface area contributed by atoms with Crippen molar-refractivity contribution in [2.45, 2.75) is 31.3 Å². The number of hydrogen-bond acceptors (Lipinski definition) is 3. The lowest BCUT2D eigenvalue weighted by molar-refractivity contribution is 0.0338. The zero-order valence-corrected chi connectivity index (χ0v) is 11.4. The summed E-state index contributed by atoms with van der Waals surface area (Å²) in [5, 5.41) is 10.6. The summed E-state index contributed by atoms with van der Waals surface area (Å²) in [5.41, 5.74) is 0.0150. The van der Waals surface area contributed by atoms with E-state index in [-0.39, 0.29) is 5.91 Å². The number of carbonyl (C=O) groups excluding carboxylic acids is 1. The fourth-order valence-corrected chi connectivity index (χ4v) is 2.93. The minimum atomic E-state index is -0.423. The van der Waals surface area contributed by atoms with Crippen LogP contribution in [0, 0.1) is 5.92 Å². The summed E-state index contributed by atoms with van der Waals surface area (Å²) in [7, 11) is 0. The van der Waals surface area contributed by atoms with Gasteiger partial charge in [-0.15, -0.1) is 0 Å². The van der Waals surface area contributed by atoms with E-state index in [9.17, 15) is 9.90 Å². The number of aliphatic hydroxyl groups is 1. The Hall–Kier alpha value is -1.13. The lowest BCUT2D eigenvalue weighted by Gasteiger charge is -2.34. The summed E-state index contributed by atoms with van der Waals surface area (Å²) in [6.45, 7) is 1.41. The number of aromatic nitrogens is 1. The van der Waals surface area contributed by atoms with E-state index in [0.717, 1.165) is 25.7 Å². The maximum Gasteiger partial charge on any atom is 0.272 e. The van der Waals surface area contributed by atoms with Gasteiger partial charge in [-0.2, -0.15) is 0 Å². The largest absolute Gasteiger partial charge is 0.390 e. The molecule has 0 aromatic carbocycles. The van der Waals surface area contributed by atoms with E-state index in [2.05, 4.69) is 4.98 Å². The first kappa shape index (κ1) is 12.9. The Labute approximate surface area is 117 Å². The summed E-state index contributed by atoms with van der Waals surface area (Å²) in [4.78, 5) is 18.1. The molecule has 1 aromatic rings. The second kappa shape index (κ2) is 4.76. The average Bonchev–Trinajstić information content (AvgIpc) is 3.18. The molecular formula is C14H17ClN2O2. The van der Waals surface area contributed by atoms with Crippen molar-refractivity contribution in [3.05, 3.63) is 29.0 Å². The Balaban J connectivity index is 1.61. The van der Waals surface area contributed by atoms with E-state index in [1.807, 2.05) is 4.90 Å². The topological polar surface area (TPSA) is 53.4 Å². The molecule has 1 N–H and O–H groups in total. The zero-order chi connectivity index (χ0) is 13.5. The summed E-state index contributed by atoms with van der Waals surface area (Å²) >= 11 is 5.76. The van der Waals surface area contributed by atoms with Gasteiger partial charge >= 0.3 is 0 Å². The molecule has 2 aliphatic rings. The molecule has 0 radical (unpaired) electrons. The van der Waals surface area contributed by atoms with Crippen LogP contribution >= 0.6 is 11.6 Å². The minimum absolute atomic E-state index is 0.0436. The van der Waals surface area contributed by atoms with Gasteiger partial charge in [-0.3, -0.25) is 4.79 Å². The molecule has 2 fully saturated rings. The first-order valence-electron chi connectivity index (χ1n) is 6.72. The van der Waals surface area contributed by atoms with Crippen molar-refractivity contribution >= 4 is 17.5 Å². The van der Waals surface area contributed by atoms with Gasteiger partial charge in [0.1, 0.15) is 5.69 Å². The molecule has 0 bridgehead atoms. The highest BCUT2D eigenvalue weighted by Gasteiger charge is 2.48. The van der Waals surface area contributed by atoms with Gasteiger partial charge in [-0.05, 0) is 43.7 Å². The van der Waals surface area contributed by atoms with E-state index >= 15 is 0 Å². The Morgan fingerprint density at radius 1 is 1.37 bits per heavy atom. The first-order chi connectivity index (χ1) is 9.08. The molecule has 0 spiro atoms. The van der Waals surface area contributed by atoms with Crippen molar-refractivity contribution in [3.63, 3.8) is 0 Å². The minimum Gasteiger partial charge on any atom is -0.390 e. The van der Waals surface area contributed by atoms with Crippen molar-refractivity contribution < 1.29 is 9.90 Å². The third-order valence-corrected chi connectivity index (χ3v) is 4.47. The smallest absolute Gasteiger partial charge is 0.272 e. The summed E-state index contributed by atoms with van der Waals surface area (Å²) in [5.74, 6) is 0.313. The van der Waals surface area contributed by atoms with E-state index in [1.165, 1.54) is 6.20 Å². The van der Waals surface area contributed by atoms with Crippen molar-refractivity contribution in [2.24, 2.45) is 5.92 Å². The molecule has 1 aromatic heterocycles. The molecule has 4 nitrogen and oxygen atoms in total. The fourth-order valence-electron chi connectivity index (χ4n) is 2.82. The number of pyridine rings is 1. The molecule has 2 heterocycles. The predicted molar refractivity (Wildman–Crippen MR) is 72.1 cm³/mol. The summed E-state index contributed by atoms with van der Waals surface area (Å²) in [6, 6.07) is 3.34. The number of nitrogens with zero attached hydrogens (tertiary/aromatic N) is 2. The quantitative estimate of drug-likeness (QED) is 0.903. The maximum absolute atomic E-state index is 12.2. The van der Waals surface area contributed by atoms with Gasteiger partial charge in [0.2, 0.25) is 0 Å². The second-order valence-electron chi connectivity index (χ2n) is 5.53. The molecule has 3 rings (SSSR count). The highest BCUT2D eigenvalue weighted by molar-refractivity contribution is 6.30. The normalized spacial score (nSPS) is 22.3. The Bertz CT molecular complexity index is 477. The average molecular weight is 281 g/mol. The number of rotatable bonds is 2. The monoisotopic (exact) mass is 280 g/mol. The number of carbonyl (C=O) groups is 1. The van der Waals surface area contributed by atoms with Gasteiger partial charge in [0, 0.05) is 19.3 Å². The van der Waals surface area contributed by atoms with Crippen molar-refractivity contribution in [3.8, 4) is 0 Å². The van der Waals surface area contributed by atoms with Gasteiger partial charge < -0.3 is 10.0 Å². The summed E-state index contributed by atoms with van der Waals surface area (Å²) < 4.78 is 0. The van der Waals surface area contributed by atoms with Gasteiger partial charge in [-0.1, -0.05) is 11.6 Å². The van der Waals surface area contributed by atoms with Crippen LogP contribution in [0.3, 0.4) is 0 Å². The first-order valence-corrected chi connectivity index (χ1v) is 7.09. The van der Waals surface area contributed by atoms with Crippen LogP contribution in [-0.4, -0.2) is 39.6 Å². The van der Waals surface area contributed by atoms with Crippen LogP contribution in [0.25, 0.3) is 0 Å². The molecule has 5 heteroatoms. The predicted octanol–water partition coefficient (Wildman–Crippen LogP) is 2.11. The highest BCUT2D eigenvalue weighted by atomic mass is 35.5. The van der Waals surface area contributed by atoms with Gasteiger partial charge in [0.05, 0.1) is 10.6 Å². The Morgan fingerprint density at radius 3 is 2.58 bits per heavy atom. The van der Waals surface area contributed by atoms with Gasteiger partial charge in [0.25, 0.3) is 5.91 Å². The van der Waals surface area contributed by atoms with Crippen molar-refractivity contribution in [1.29, 1.82) is 0 Å². The molecule has 1 amide bonds. The Morgan fingerprint density at radius 2 is 2.05 bits per heavy atom. The number of hydrogen-bond donors (Lipinski definition) is 1. The number of likely N-dealkylation sites (tertiary alicyclic amines) is 1. The van der Waals surface area contributed by atoms with Crippen LogP contribution in [-0.2, 0) is 0 Å². The van der Waals surface area contributed by atoms with E-state index < -0.39 is 5.60 Å². The molecule has 1 saturated carbocycles. The van der Waals surface area contributed by atoms with Crippen LogP contribution in [0.4, 0.5) is 0 Å². The second-order valence-corrected chi connectivity index (χ2v) is 5.97. The zero-order valence-electron chi connectivity index (χ0n) is 10.7. The molecule has 1 saturated heterocycles. The van der Waals surface area contributed by atoms with Crippen LogP contribution in [0.2, 0.25) is 5.02 Å². The highest BCUT2D eigenvalue weighted by Crippen LogP contribution is 2.46. The number of amides is 1. The molecular weight excluding hydrogens is 264 g/mol. The fraction of sp³-hybridized carbons (Fsp3) is 0.571. The molecule has 1 aliphatic carbocycles. The van der Waals surface area contributed by atoms with E-state index in [0.29, 0.717) is 29.7 Å². The third kappa shape index (κ3) is 2.60. The maximum atomic E-state index is 12.2. The van der Waals surface area contributed by atoms with Crippen LogP contribution in [0.5, 0.6) is 0 Å². The summed E-state index contributed by atoms with van der Waals surface area (Å²) in [6.07, 6.45) is 5.11. The molecule has 1 aliphatic heterocycles. The molecule has 0 atom stereocenters. The molecule has 102 valence electrons. The van der Waals surface area contributed by atoms with Crippen LogP contribution in [0.1, 0.15) is 36.2 Å². The van der Waals surface area contributed by atoms with Crippen LogP contribution in [0.15, 0.2) is 18.3 Å². The van der Waals surface area contributed by atoms with E-state index in [1.54, 1.807) is 12.1 Å². The van der Waals surface area contributed by atoms with Crippen molar-refractivity contribution in [2.75, 3.05) is 13.1 Å². The molecule has 0 unspecified atom stereocenters. The standard InChI is InChI=1S/C14H17ClN2O2/c15-11-1-2-12(16-9-11)13(18)17-7-3-10(4-8-17)14(19)5-6-14/h1-2,9-10,19H,3-8H2. The lowest BCUT2D eigenvalue weighted by atomic mass is 9.89. The Kier molecular flexibility index (Phi) is 3.23. The van der Waals surface area contributed by atoms with E-state index in [4.69, 9.17) is 11.6 Å². The van der Waals surface area contributed by atoms with Crippen LogP contribution < -0.4 is 0 Å². The lowest BCUT2D eigenvalue weighted by Crippen LogP contribution is -2.42.